The summed E-state index contributed by atoms with van der Waals surface area (Å²) in [6.07, 6.45) is 0. The van der Waals surface area contributed by atoms with Crippen LogP contribution >= 0.6 is 11.6 Å². The van der Waals surface area contributed by atoms with Gasteiger partial charge < -0.3 is 19.5 Å². The maximum atomic E-state index is 12.8. The van der Waals surface area contributed by atoms with E-state index in [1.165, 1.54) is 10.6 Å². The number of hydrogen-bond donors (Lipinski definition) is 1. The summed E-state index contributed by atoms with van der Waals surface area (Å²) in [5, 5.41) is 3.48. The second-order valence-corrected chi connectivity index (χ2v) is 7.69. The molecular weight excluding hydrogens is 392 g/mol. The van der Waals surface area contributed by atoms with E-state index in [2.05, 4.69) is 29.2 Å². The molecule has 0 saturated carbocycles. The van der Waals surface area contributed by atoms with Gasteiger partial charge in [-0.3, -0.25) is 14.5 Å². The van der Waals surface area contributed by atoms with Crippen molar-refractivity contribution in [1.82, 2.24) is 19.7 Å². The second-order valence-electron chi connectivity index (χ2n) is 7.29. The highest BCUT2D eigenvalue weighted by Gasteiger charge is 2.23. The minimum absolute atomic E-state index is 0.226. The third kappa shape index (κ3) is 5.59. The van der Waals surface area contributed by atoms with E-state index in [0.29, 0.717) is 23.0 Å². The molecule has 0 bridgehead atoms. The number of carbonyl (C=O) groups is 1. The van der Waals surface area contributed by atoms with Crippen LogP contribution in [0.2, 0.25) is 5.02 Å². The van der Waals surface area contributed by atoms with Gasteiger partial charge >= 0.3 is 0 Å². The number of hydrogen-bond acceptors (Lipinski definition) is 5. The summed E-state index contributed by atoms with van der Waals surface area (Å²) in [4.78, 5) is 29.6. The smallest absolute Gasteiger partial charge is 0.268 e. The lowest BCUT2D eigenvalue weighted by Gasteiger charge is -2.37. The van der Waals surface area contributed by atoms with Crippen LogP contribution in [-0.4, -0.2) is 73.2 Å². The highest BCUT2D eigenvalue weighted by Crippen LogP contribution is 2.22. The largest absolute Gasteiger partial charge is 0.490 e. The molecule has 156 valence electrons. The van der Waals surface area contributed by atoms with Crippen LogP contribution in [0.25, 0.3) is 0 Å². The van der Waals surface area contributed by atoms with Crippen LogP contribution in [0.3, 0.4) is 0 Å². The number of aromatic nitrogens is 1. The van der Waals surface area contributed by atoms with Crippen LogP contribution in [0.4, 0.5) is 0 Å². The lowest BCUT2D eigenvalue weighted by molar-refractivity contribution is 0.0871. The Kier molecular flexibility index (Phi) is 7.30. The first-order valence-corrected chi connectivity index (χ1v) is 10.1. The van der Waals surface area contributed by atoms with E-state index in [1.54, 1.807) is 24.3 Å². The summed E-state index contributed by atoms with van der Waals surface area (Å²) in [5.41, 5.74) is 0.0852. The Bertz CT molecular complexity index is 901. The molecule has 1 aliphatic heterocycles. The summed E-state index contributed by atoms with van der Waals surface area (Å²) in [7, 11) is 4.14. The van der Waals surface area contributed by atoms with Gasteiger partial charge in [0.05, 0.1) is 11.6 Å². The van der Waals surface area contributed by atoms with Crippen molar-refractivity contribution < 1.29 is 9.53 Å². The predicted octanol–water partition coefficient (Wildman–Crippen LogP) is 1.56. The van der Waals surface area contributed by atoms with Gasteiger partial charge in [-0.15, -0.1) is 0 Å². The SMILES string of the molecule is CN1CCN(C)C(CNC(=O)c2cccc(=O)n2CCOc2ccccc2Cl)C1. The molecule has 7 nitrogen and oxygen atoms in total. The topological polar surface area (TPSA) is 66.8 Å². The summed E-state index contributed by atoms with van der Waals surface area (Å²) in [6.45, 7) is 3.88. The van der Waals surface area contributed by atoms with Gasteiger partial charge in [0, 0.05) is 38.3 Å². The summed E-state index contributed by atoms with van der Waals surface area (Å²) < 4.78 is 7.11. The molecule has 1 fully saturated rings. The number of amides is 1. The molecule has 2 aromatic rings. The predicted molar refractivity (Wildman–Crippen MR) is 114 cm³/mol. The molecular formula is C21H27ClN4O3. The van der Waals surface area contributed by atoms with Crippen LogP contribution in [-0.2, 0) is 6.54 Å². The van der Waals surface area contributed by atoms with Gasteiger partial charge in [-0.1, -0.05) is 29.8 Å². The zero-order valence-corrected chi connectivity index (χ0v) is 17.6. The summed E-state index contributed by atoms with van der Waals surface area (Å²) in [6, 6.07) is 12.1. The zero-order chi connectivity index (χ0) is 20.8. The number of nitrogens with one attached hydrogen (secondary N) is 1. The number of rotatable bonds is 7. The van der Waals surface area contributed by atoms with E-state index < -0.39 is 0 Å². The van der Waals surface area contributed by atoms with E-state index in [4.69, 9.17) is 16.3 Å². The maximum Gasteiger partial charge on any atom is 0.268 e. The Morgan fingerprint density at radius 2 is 1.97 bits per heavy atom. The monoisotopic (exact) mass is 418 g/mol. The minimum Gasteiger partial charge on any atom is -0.490 e. The third-order valence-corrected chi connectivity index (χ3v) is 5.48. The Hall–Kier alpha value is -2.35. The van der Waals surface area contributed by atoms with Crippen molar-refractivity contribution in [3.63, 3.8) is 0 Å². The first kappa shape index (κ1) is 21.4. The summed E-state index contributed by atoms with van der Waals surface area (Å²) in [5.74, 6) is 0.288. The van der Waals surface area contributed by atoms with Gasteiger partial charge in [-0.2, -0.15) is 0 Å². The van der Waals surface area contributed by atoms with E-state index in [9.17, 15) is 9.59 Å². The van der Waals surface area contributed by atoms with E-state index >= 15 is 0 Å². The molecule has 1 atom stereocenters. The van der Waals surface area contributed by atoms with Gasteiger partial charge in [0.2, 0.25) is 0 Å². The van der Waals surface area contributed by atoms with Crippen molar-refractivity contribution in [2.24, 2.45) is 0 Å². The molecule has 0 radical (unpaired) electrons. The number of ether oxygens (including phenoxy) is 1. The maximum absolute atomic E-state index is 12.8. The Morgan fingerprint density at radius 1 is 1.17 bits per heavy atom. The number of nitrogens with zero attached hydrogens (tertiary/aromatic N) is 3. The van der Waals surface area contributed by atoms with E-state index in [-0.39, 0.29) is 30.7 Å². The van der Waals surface area contributed by atoms with Crippen LogP contribution in [0.5, 0.6) is 5.75 Å². The van der Waals surface area contributed by atoms with Crippen molar-refractivity contribution in [2.75, 3.05) is 46.9 Å². The molecule has 1 saturated heterocycles. The number of piperazine rings is 1. The second kappa shape index (κ2) is 9.91. The Balaban J connectivity index is 1.63. The van der Waals surface area contributed by atoms with E-state index in [0.717, 1.165) is 19.6 Å². The molecule has 1 N–H and O–H groups in total. The van der Waals surface area contributed by atoms with Crippen molar-refractivity contribution >= 4 is 17.5 Å². The van der Waals surface area contributed by atoms with Crippen LogP contribution < -0.4 is 15.6 Å². The van der Waals surface area contributed by atoms with Crippen molar-refractivity contribution in [3.05, 3.63) is 63.5 Å². The first-order valence-electron chi connectivity index (χ1n) is 9.70. The summed E-state index contributed by atoms with van der Waals surface area (Å²) >= 11 is 6.09. The van der Waals surface area contributed by atoms with Crippen molar-refractivity contribution in [1.29, 1.82) is 0 Å². The molecule has 1 unspecified atom stereocenters. The fraction of sp³-hybridized carbons (Fsp3) is 0.429. The number of para-hydroxylation sites is 1. The quantitative estimate of drug-likeness (QED) is 0.739. The third-order valence-electron chi connectivity index (χ3n) is 5.17. The van der Waals surface area contributed by atoms with E-state index in [1.807, 2.05) is 12.1 Å². The molecule has 0 spiro atoms. The number of pyridine rings is 1. The average Bonchev–Trinajstić information content (AvgIpc) is 2.71. The van der Waals surface area contributed by atoms with Crippen LogP contribution in [0, 0.1) is 0 Å². The first-order chi connectivity index (χ1) is 14.0. The standard InChI is InChI=1S/C21H27ClN4O3/c1-24-10-11-25(2)16(15-24)14-23-21(28)18-7-5-9-20(27)26(18)12-13-29-19-8-4-3-6-17(19)22/h3-9,16H,10-15H2,1-2H3,(H,23,28). The van der Waals surface area contributed by atoms with Gasteiger partial charge in [0.1, 0.15) is 18.1 Å². The van der Waals surface area contributed by atoms with Gasteiger partial charge in [0.25, 0.3) is 11.5 Å². The van der Waals surface area contributed by atoms with Crippen molar-refractivity contribution in [3.8, 4) is 5.75 Å². The number of likely N-dealkylation sites (N-methyl/N-ethyl adjacent to an activating group) is 2. The highest BCUT2D eigenvalue weighted by molar-refractivity contribution is 6.32. The molecule has 3 rings (SSSR count). The Morgan fingerprint density at radius 3 is 2.76 bits per heavy atom. The fourth-order valence-corrected chi connectivity index (χ4v) is 3.57. The number of halogens is 1. The lowest BCUT2D eigenvalue weighted by atomic mass is 10.2. The normalized spacial score (nSPS) is 17.8. The molecule has 1 aromatic heterocycles. The number of benzene rings is 1. The minimum atomic E-state index is -0.262. The average molecular weight is 419 g/mol. The van der Waals surface area contributed by atoms with Crippen molar-refractivity contribution in [2.45, 2.75) is 12.6 Å². The molecule has 8 heteroatoms. The molecule has 2 heterocycles. The molecule has 29 heavy (non-hydrogen) atoms. The zero-order valence-electron chi connectivity index (χ0n) is 16.8. The molecule has 1 amide bonds. The van der Waals surface area contributed by atoms with Gasteiger partial charge in [-0.05, 0) is 32.3 Å². The van der Waals surface area contributed by atoms with Gasteiger partial charge in [-0.25, -0.2) is 0 Å². The number of carbonyl (C=O) groups excluding carboxylic acids is 1. The lowest BCUT2D eigenvalue weighted by Crippen LogP contribution is -2.54. The highest BCUT2D eigenvalue weighted by atomic mass is 35.5. The van der Waals surface area contributed by atoms with Crippen LogP contribution in [0.15, 0.2) is 47.3 Å². The Labute approximate surface area is 175 Å². The molecule has 0 aliphatic carbocycles. The molecule has 1 aliphatic rings. The molecule has 1 aromatic carbocycles. The fourth-order valence-electron chi connectivity index (χ4n) is 3.38. The van der Waals surface area contributed by atoms with Crippen LogP contribution in [0.1, 0.15) is 10.5 Å². The van der Waals surface area contributed by atoms with Gasteiger partial charge in [0.15, 0.2) is 0 Å².